The third-order valence-electron chi connectivity index (χ3n) is 10.9. The maximum absolute atomic E-state index is 6.58. The van der Waals surface area contributed by atoms with Crippen LogP contribution in [0.4, 0.5) is 17.1 Å². The summed E-state index contributed by atoms with van der Waals surface area (Å²) >= 11 is 0. The molecule has 0 fully saturated rings. The summed E-state index contributed by atoms with van der Waals surface area (Å²) in [5.74, 6) is 0. The van der Waals surface area contributed by atoms with E-state index in [0.29, 0.717) is 0 Å². The van der Waals surface area contributed by atoms with Gasteiger partial charge in [0.1, 0.15) is 22.3 Å². The molecule has 2 heterocycles. The Kier molecular flexibility index (Phi) is 7.17. The van der Waals surface area contributed by atoms with Gasteiger partial charge in [-0.2, -0.15) is 0 Å². The normalized spacial score (nSPS) is 11.6. The molecule has 0 unspecified atom stereocenters. The molecule has 0 saturated heterocycles. The van der Waals surface area contributed by atoms with Crippen LogP contribution in [-0.2, 0) is 0 Å². The standard InChI is InChI=1S/C52H33NO2/c1-2-12-36-31-38(24-23-34(36)11-1)37-13-9-14-41(32-37)53(40-28-25-35(26-29-40)39-27-30-45-43-16-4-7-21-49(43)54-51(45)33-39)48-20-6-3-15-42(48)46-18-10-19-47-44-17-5-8-22-50(44)55-52(46)47/h1-33H. The molecular formula is C52H33NO2. The molecule has 55 heavy (non-hydrogen) atoms. The largest absolute Gasteiger partial charge is 0.456 e. The third-order valence-corrected chi connectivity index (χ3v) is 10.9. The van der Waals surface area contributed by atoms with Gasteiger partial charge in [-0.15, -0.1) is 0 Å². The number of nitrogens with zero attached hydrogens (tertiary/aromatic N) is 1. The lowest BCUT2D eigenvalue weighted by atomic mass is 9.98. The second kappa shape index (κ2) is 12.6. The van der Waals surface area contributed by atoms with E-state index in [0.717, 1.165) is 88.8 Å². The van der Waals surface area contributed by atoms with Gasteiger partial charge in [0.2, 0.25) is 0 Å². The van der Waals surface area contributed by atoms with Crippen LogP contribution in [0.3, 0.4) is 0 Å². The molecule has 9 aromatic carbocycles. The van der Waals surface area contributed by atoms with E-state index in [1.807, 2.05) is 24.3 Å². The summed E-state index contributed by atoms with van der Waals surface area (Å²) in [5.41, 5.74) is 13.4. The van der Waals surface area contributed by atoms with E-state index in [4.69, 9.17) is 8.83 Å². The lowest BCUT2D eigenvalue weighted by Gasteiger charge is -2.28. The molecular weight excluding hydrogens is 671 g/mol. The molecule has 3 heteroatoms. The van der Waals surface area contributed by atoms with Crippen molar-refractivity contribution >= 4 is 71.7 Å². The van der Waals surface area contributed by atoms with Gasteiger partial charge in [0, 0.05) is 44.0 Å². The topological polar surface area (TPSA) is 29.5 Å². The lowest BCUT2D eigenvalue weighted by Crippen LogP contribution is -2.11. The Morgan fingerprint density at radius 2 is 0.909 bits per heavy atom. The van der Waals surface area contributed by atoms with Crippen LogP contribution in [-0.4, -0.2) is 0 Å². The summed E-state index contributed by atoms with van der Waals surface area (Å²) in [4.78, 5) is 2.37. The minimum absolute atomic E-state index is 0.886. The summed E-state index contributed by atoms with van der Waals surface area (Å²) < 4.78 is 12.8. The van der Waals surface area contributed by atoms with E-state index < -0.39 is 0 Å². The highest BCUT2D eigenvalue weighted by Gasteiger charge is 2.21. The fraction of sp³-hybridized carbons (Fsp3) is 0. The highest BCUT2D eigenvalue weighted by atomic mass is 16.3. The van der Waals surface area contributed by atoms with Crippen molar-refractivity contribution in [2.24, 2.45) is 0 Å². The molecule has 0 N–H and O–H groups in total. The Hall–Kier alpha value is -7.36. The van der Waals surface area contributed by atoms with E-state index in [2.05, 4.69) is 181 Å². The third kappa shape index (κ3) is 5.28. The van der Waals surface area contributed by atoms with E-state index >= 15 is 0 Å². The van der Waals surface area contributed by atoms with Crippen molar-refractivity contribution in [3.63, 3.8) is 0 Å². The van der Waals surface area contributed by atoms with Gasteiger partial charge < -0.3 is 13.7 Å². The predicted molar refractivity (Wildman–Crippen MR) is 229 cm³/mol. The molecule has 0 bridgehead atoms. The zero-order valence-electron chi connectivity index (χ0n) is 29.8. The molecule has 11 rings (SSSR count). The van der Waals surface area contributed by atoms with E-state index in [9.17, 15) is 0 Å². The molecule has 11 aromatic rings. The van der Waals surface area contributed by atoms with Gasteiger partial charge in [-0.25, -0.2) is 0 Å². The quantitative estimate of drug-likeness (QED) is 0.173. The van der Waals surface area contributed by atoms with Crippen LogP contribution in [0.1, 0.15) is 0 Å². The van der Waals surface area contributed by atoms with Crippen molar-refractivity contribution in [1.29, 1.82) is 0 Å². The lowest BCUT2D eigenvalue weighted by molar-refractivity contribution is 0.669. The number of hydrogen-bond acceptors (Lipinski definition) is 3. The number of rotatable bonds is 6. The first-order valence-corrected chi connectivity index (χ1v) is 18.7. The van der Waals surface area contributed by atoms with Gasteiger partial charge >= 0.3 is 0 Å². The summed E-state index contributed by atoms with van der Waals surface area (Å²) in [6.07, 6.45) is 0. The first kappa shape index (κ1) is 31.2. The molecule has 0 aliphatic carbocycles. The Morgan fingerprint density at radius 1 is 0.309 bits per heavy atom. The van der Waals surface area contributed by atoms with Crippen molar-refractivity contribution in [1.82, 2.24) is 0 Å². The van der Waals surface area contributed by atoms with Crippen LogP contribution in [0, 0.1) is 0 Å². The van der Waals surface area contributed by atoms with Crippen molar-refractivity contribution in [3.05, 3.63) is 200 Å². The predicted octanol–water partition coefficient (Wildman–Crippen LogP) is 15.1. The van der Waals surface area contributed by atoms with Crippen molar-refractivity contribution in [2.75, 3.05) is 4.90 Å². The second-order valence-corrected chi connectivity index (χ2v) is 14.1. The molecule has 0 aliphatic rings. The number of furan rings is 2. The average Bonchev–Trinajstić information content (AvgIpc) is 3.82. The molecule has 0 amide bonds. The van der Waals surface area contributed by atoms with Crippen LogP contribution >= 0.6 is 0 Å². The van der Waals surface area contributed by atoms with E-state index in [-0.39, 0.29) is 0 Å². The zero-order chi connectivity index (χ0) is 36.3. The van der Waals surface area contributed by atoms with Crippen LogP contribution in [0.2, 0.25) is 0 Å². The molecule has 0 radical (unpaired) electrons. The van der Waals surface area contributed by atoms with Crippen LogP contribution in [0.25, 0.3) is 88.0 Å². The number of hydrogen-bond donors (Lipinski definition) is 0. The number of anilines is 3. The molecule has 3 nitrogen and oxygen atoms in total. The molecule has 0 saturated carbocycles. The number of fused-ring (bicyclic) bond motifs is 7. The summed E-state index contributed by atoms with van der Waals surface area (Å²) in [5, 5.41) is 6.95. The fourth-order valence-electron chi connectivity index (χ4n) is 8.18. The smallest absolute Gasteiger partial charge is 0.143 e. The average molecular weight is 704 g/mol. The number of benzene rings is 9. The van der Waals surface area contributed by atoms with Gasteiger partial charge in [0.05, 0.1) is 5.69 Å². The molecule has 0 atom stereocenters. The maximum atomic E-state index is 6.58. The Labute approximate surface area is 317 Å². The Balaban J connectivity index is 1.07. The Morgan fingerprint density at radius 3 is 1.78 bits per heavy atom. The second-order valence-electron chi connectivity index (χ2n) is 14.1. The van der Waals surface area contributed by atoms with Crippen LogP contribution < -0.4 is 4.90 Å². The summed E-state index contributed by atoms with van der Waals surface area (Å²) in [6, 6.07) is 71.1. The number of para-hydroxylation sites is 4. The summed E-state index contributed by atoms with van der Waals surface area (Å²) in [6.45, 7) is 0. The van der Waals surface area contributed by atoms with Crippen molar-refractivity contribution in [3.8, 4) is 33.4 Å². The summed E-state index contributed by atoms with van der Waals surface area (Å²) in [7, 11) is 0. The van der Waals surface area contributed by atoms with Crippen LogP contribution in [0.5, 0.6) is 0 Å². The van der Waals surface area contributed by atoms with Gasteiger partial charge in [-0.3, -0.25) is 0 Å². The van der Waals surface area contributed by atoms with E-state index in [1.165, 1.54) is 16.3 Å². The highest BCUT2D eigenvalue weighted by Crippen LogP contribution is 2.45. The first-order valence-electron chi connectivity index (χ1n) is 18.7. The van der Waals surface area contributed by atoms with E-state index in [1.54, 1.807) is 0 Å². The molecule has 0 aliphatic heterocycles. The van der Waals surface area contributed by atoms with Crippen molar-refractivity contribution in [2.45, 2.75) is 0 Å². The Bertz CT molecular complexity index is 3220. The SMILES string of the molecule is c1cc(-c2ccc3ccccc3c2)cc(N(c2ccc(-c3ccc4c(c3)oc3ccccc34)cc2)c2ccccc2-c2cccc3c2oc2ccccc23)c1. The minimum Gasteiger partial charge on any atom is -0.456 e. The van der Waals surface area contributed by atoms with Gasteiger partial charge in [-0.05, 0) is 93.7 Å². The monoisotopic (exact) mass is 703 g/mol. The zero-order valence-corrected chi connectivity index (χ0v) is 29.8. The fourth-order valence-corrected chi connectivity index (χ4v) is 8.18. The van der Waals surface area contributed by atoms with Crippen molar-refractivity contribution < 1.29 is 8.83 Å². The first-order chi connectivity index (χ1) is 27.2. The van der Waals surface area contributed by atoms with Crippen LogP contribution in [0.15, 0.2) is 209 Å². The van der Waals surface area contributed by atoms with Gasteiger partial charge in [0.15, 0.2) is 0 Å². The molecule has 2 aromatic heterocycles. The van der Waals surface area contributed by atoms with Gasteiger partial charge in [0.25, 0.3) is 0 Å². The highest BCUT2D eigenvalue weighted by molar-refractivity contribution is 6.11. The van der Waals surface area contributed by atoms with Gasteiger partial charge in [-0.1, -0.05) is 140 Å². The maximum Gasteiger partial charge on any atom is 0.143 e. The molecule has 0 spiro atoms. The molecule has 258 valence electrons. The minimum atomic E-state index is 0.886.